The van der Waals surface area contributed by atoms with Crippen molar-refractivity contribution in [1.29, 1.82) is 0 Å². The number of anilines is 3. The lowest BCUT2D eigenvalue weighted by molar-refractivity contribution is 0.105. The molecule has 0 aromatic heterocycles. The van der Waals surface area contributed by atoms with Gasteiger partial charge >= 0.3 is 0 Å². The Hall–Kier alpha value is -3.13. The Labute approximate surface area is 153 Å². The molecule has 0 saturated heterocycles. The van der Waals surface area contributed by atoms with Crippen LogP contribution in [0.3, 0.4) is 0 Å². The van der Waals surface area contributed by atoms with Crippen molar-refractivity contribution < 1.29 is 4.79 Å². The first-order valence-electron chi connectivity index (χ1n) is 8.93. The molecule has 26 heavy (non-hydrogen) atoms. The molecule has 0 atom stereocenters. The molecular weight excluding hydrogens is 318 g/mol. The van der Waals surface area contributed by atoms with Crippen LogP contribution < -0.4 is 4.90 Å². The van der Waals surface area contributed by atoms with Crippen LogP contribution in [0.25, 0.3) is 6.08 Å². The summed E-state index contributed by atoms with van der Waals surface area (Å²) >= 11 is 0. The van der Waals surface area contributed by atoms with Gasteiger partial charge in [0, 0.05) is 16.7 Å². The number of carbonyl (C=O) groups excluding carboxylic acids is 1. The summed E-state index contributed by atoms with van der Waals surface area (Å²) < 4.78 is 0. The molecule has 5 rings (SSSR count). The number of para-hydroxylation sites is 2. The molecule has 0 amide bonds. The molecule has 0 N–H and O–H groups in total. The molecule has 2 aliphatic rings. The lowest BCUT2D eigenvalue weighted by Gasteiger charge is -2.42. The Kier molecular flexibility index (Phi) is 3.02. The summed E-state index contributed by atoms with van der Waals surface area (Å²) in [6.07, 6.45) is 3.56. The quantitative estimate of drug-likeness (QED) is 0.542. The monoisotopic (exact) mass is 337 g/mol. The third kappa shape index (κ3) is 1.96. The average molecular weight is 337 g/mol. The number of fused-ring (bicyclic) bond motifs is 3. The van der Waals surface area contributed by atoms with Gasteiger partial charge in [0.1, 0.15) is 0 Å². The molecule has 1 aliphatic heterocycles. The van der Waals surface area contributed by atoms with Crippen molar-refractivity contribution >= 4 is 28.9 Å². The van der Waals surface area contributed by atoms with E-state index in [-0.39, 0.29) is 11.2 Å². The topological polar surface area (TPSA) is 20.3 Å². The lowest BCUT2D eigenvalue weighted by atomic mass is 9.73. The van der Waals surface area contributed by atoms with Crippen LogP contribution in [0, 0.1) is 0 Å². The minimum atomic E-state index is -0.0592. The van der Waals surface area contributed by atoms with Crippen molar-refractivity contribution in [2.45, 2.75) is 19.3 Å². The molecule has 0 spiro atoms. The number of ketones is 1. The van der Waals surface area contributed by atoms with Gasteiger partial charge in [0.05, 0.1) is 11.4 Å². The summed E-state index contributed by atoms with van der Waals surface area (Å²) in [5.74, 6) is 0.0899. The molecule has 0 radical (unpaired) electrons. The molecule has 3 aromatic carbocycles. The van der Waals surface area contributed by atoms with Gasteiger partial charge in [-0.15, -0.1) is 0 Å². The van der Waals surface area contributed by atoms with Crippen molar-refractivity contribution in [3.05, 3.63) is 95.1 Å². The minimum absolute atomic E-state index is 0.0592. The number of carbonyl (C=O) groups is 1. The van der Waals surface area contributed by atoms with Gasteiger partial charge < -0.3 is 4.90 Å². The van der Waals surface area contributed by atoms with Crippen LogP contribution in [-0.4, -0.2) is 5.78 Å². The highest BCUT2D eigenvalue weighted by atomic mass is 16.1. The third-order valence-corrected chi connectivity index (χ3v) is 5.61. The van der Waals surface area contributed by atoms with Gasteiger partial charge in [0.25, 0.3) is 0 Å². The van der Waals surface area contributed by atoms with E-state index in [1.54, 1.807) is 6.08 Å². The zero-order valence-corrected chi connectivity index (χ0v) is 14.9. The van der Waals surface area contributed by atoms with Crippen LogP contribution in [0.15, 0.2) is 72.8 Å². The van der Waals surface area contributed by atoms with E-state index >= 15 is 0 Å². The predicted molar refractivity (Wildman–Crippen MR) is 107 cm³/mol. The summed E-state index contributed by atoms with van der Waals surface area (Å²) in [5.41, 5.74) is 7.82. The van der Waals surface area contributed by atoms with Crippen molar-refractivity contribution in [1.82, 2.24) is 0 Å². The predicted octanol–water partition coefficient (Wildman–Crippen LogP) is 6.01. The second-order valence-corrected chi connectivity index (χ2v) is 7.46. The fourth-order valence-electron chi connectivity index (χ4n) is 4.25. The van der Waals surface area contributed by atoms with Crippen LogP contribution >= 0.6 is 0 Å². The average Bonchev–Trinajstić information content (AvgIpc) is 3.03. The largest absolute Gasteiger partial charge is 0.310 e. The maximum atomic E-state index is 11.9. The lowest BCUT2D eigenvalue weighted by Crippen LogP contribution is -2.30. The number of nitrogens with zero attached hydrogens (tertiary/aromatic N) is 1. The van der Waals surface area contributed by atoms with Gasteiger partial charge in [-0.1, -0.05) is 56.3 Å². The molecule has 1 aliphatic carbocycles. The zero-order chi connectivity index (χ0) is 17.9. The summed E-state index contributed by atoms with van der Waals surface area (Å²) in [7, 11) is 0. The van der Waals surface area contributed by atoms with E-state index in [1.807, 2.05) is 12.1 Å². The normalized spacial score (nSPS) is 16.2. The Bertz CT molecular complexity index is 1040. The molecule has 0 fully saturated rings. The zero-order valence-electron chi connectivity index (χ0n) is 14.9. The number of hydrogen-bond acceptors (Lipinski definition) is 2. The number of hydrogen-bond donors (Lipinski definition) is 0. The van der Waals surface area contributed by atoms with Crippen molar-refractivity contribution in [2.75, 3.05) is 4.90 Å². The molecule has 126 valence electrons. The van der Waals surface area contributed by atoms with Crippen LogP contribution in [0.5, 0.6) is 0 Å². The van der Waals surface area contributed by atoms with Gasteiger partial charge in [0.15, 0.2) is 5.78 Å². The first kappa shape index (κ1) is 15.2. The van der Waals surface area contributed by atoms with Gasteiger partial charge in [0.2, 0.25) is 0 Å². The SMILES string of the molecule is CC1(C)c2ccccc2N(c2ccc3c(c2)C=CC3=O)c2ccccc21. The molecule has 3 aromatic rings. The highest BCUT2D eigenvalue weighted by molar-refractivity contribution is 6.14. The fourth-order valence-corrected chi connectivity index (χ4v) is 4.25. The Morgan fingerprint density at radius 2 is 1.38 bits per heavy atom. The number of benzene rings is 3. The molecule has 0 saturated carbocycles. The maximum Gasteiger partial charge on any atom is 0.186 e. The second kappa shape index (κ2) is 5.18. The van der Waals surface area contributed by atoms with Crippen molar-refractivity contribution in [3.63, 3.8) is 0 Å². The summed E-state index contributed by atoms with van der Waals surface area (Å²) in [4.78, 5) is 14.2. The van der Waals surface area contributed by atoms with E-state index in [1.165, 1.54) is 22.5 Å². The molecule has 0 unspecified atom stereocenters. The number of allylic oxidation sites excluding steroid dienone is 1. The maximum absolute atomic E-state index is 11.9. The highest BCUT2D eigenvalue weighted by Gasteiger charge is 2.36. The fraction of sp³-hybridized carbons (Fsp3) is 0.125. The van der Waals surface area contributed by atoms with E-state index in [2.05, 4.69) is 79.4 Å². The Morgan fingerprint density at radius 3 is 2.04 bits per heavy atom. The van der Waals surface area contributed by atoms with Crippen LogP contribution in [0.1, 0.15) is 40.9 Å². The minimum Gasteiger partial charge on any atom is -0.310 e. The van der Waals surface area contributed by atoms with Gasteiger partial charge in [-0.25, -0.2) is 0 Å². The van der Waals surface area contributed by atoms with E-state index in [0.29, 0.717) is 0 Å². The first-order chi connectivity index (χ1) is 12.6. The van der Waals surface area contributed by atoms with E-state index < -0.39 is 0 Å². The standard InChI is InChI=1S/C24H19NO/c1-24(2)19-7-3-5-9-21(19)25(22-10-6-4-8-20(22)24)17-12-13-18-16(15-17)11-14-23(18)26/h3-15H,1-2H3. The third-order valence-electron chi connectivity index (χ3n) is 5.61. The van der Waals surface area contributed by atoms with Crippen molar-refractivity contribution in [3.8, 4) is 0 Å². The summed E-state index contributed by atoms with van der Waals surface area (Å²) in [6.45, 7) is 4.57. The first-order valence-corrected chi connectivity index (χ1v) is 8.93. The smallest absolute Gasteiger partial charge is 0.186 e. The Morgan fingerprint density at radius 1 is 0.769 bits per heavy atom. The number of rotatable bonds is 1. The summed E-state index contributed by atoms with van der Waals surface area (Å²) in [6, 6.07) is 23.3. The van der Waals surface area contributed by atoms with Crippen LogP contribution in [-0.2, 0) is 5.41 Å². The Balaban J connectivity index is 1.78. The van der Waals surface area contributed by atoms with Crippen molar-refractivity contribution in [2.24, 2.45) is 0 Å². The van der Waals surface area contributed by atoms with Gasteiger partial charge in [-0.05, 0) is 53.1 Å². The van der Waals surface area contributed by atoms with E-state index in [9.17, 15) is 4.79 Å². The molecule has 2 heteroatoms. The molecule has 1 heterocycles. The van der Waals surface area contributed by atoms with Crippen LogP contribution in [0.4, 0.5) is 17.1 Å². The van der Waals surface area contributed by atoms with Gasteiger partial charge in [-0.2, -0.15) is 0 Å². The van der Waals surface area contributed by atoms with Gasteiger partial charge in [-0.3, -0.25) is 4.79 Å². The summed E-state index contributed by atoms with van der Waals surface area (Å²) in [5, 5.41) is 0. The second-order valence-electron chi connectivity index (χ2n) is 7.46. The van der Waals surface area contributed by atoms with E-state index in [4.69, 9.17) is 0 Å². The molecule has 0 bridgehead atoms. The molecular formula is C24H19NO. The highest BCUT2D eigenvalue weighted by Crippen LogP contribution is 2.51. The van der Waals surface area contributed by atoms with Crippen LogP contribution in [0.2, 0.25) is 0 Å². The van der Waals surface area contributed by atoms with E-state index in [0.717, 1.165) is 16.8 Å². The molecule has 2 nitrogen and oxygen atoms in total.